The van der Waals surface area contributed by atoms with Gasteiger partial charge in [0.1, 0.15) is 8.07 Å². The van der Waals surface area contributed by atoms with Gasteiger partial charge in [-0.3, -0.25) is 0 Å². The van der Waals surface area contributed by atoms with Crippen LogP contribution in [0.25, 0.3) is 11.1 Å². The van der Waals surface area contributed by atoms with Gasteiger partial charge in [-0.1, -0.05) is 110 Å². The third-order valence-electron chi connectivity index (χ3n) is 6.09. The summed E-state index contributed by atoms with van der Waals surface area (Å²) in [6, 6.07) is 38.1. The van der Waals surface area contributed by atoms with Gasteiger partial charge in [0.25, 0.3) is 0 Å². The molecule has 1 aliphatic carbocycles. The predicted molar refractivity (Wildman–Crippen MR) is 118 cm³/mol. The number of rotatable bonds is 3. The van der Waals surface area contributed by atoms with Crippen molar-refractivity contribution in [3.63, 3.8) is 0 Å². The van der Waals surface area contributed by atoms with Gasteiger partial charge in [-0.25, -0.2) is 0 Å². The summed E-state index contributed by atoms with van der Waals surface area (Å²) in [7, 11) is -2.07. The molecule has 4 aromatic rings. The highest BCUT2D eigenvalue weighted by molar-refractivity contribution is 7.11. The van der Waals surface area contributed by atoms with Crippen LogP contribution in [0, 0.1) is 0 Å². The largest absolute Gasteiger partial charge is 0.145 e. The molecule has 0 fully saturated rings. The number of benzene rings is 4. The summed E-state index contributed by atoms with van der Waals surface area (Å²) in [5.74, 6) is 0. The van der Waals surface area contributed by atoms with Gasteiger partial charge >= 0.3 is 0 Å². The Labute approximate surface area is 162 Å². The highest BCUT2D eigenvalue weighted by atomic mass is 28.3. The molecule has 1 heteroatoms. The van der Waals surface area contributed by atoms with Crippen molar-refractivity contribution in [1.29, 1.82) is 0 Å². The molecule has 1 aliphatic rings. The van der Waals surface area contributed by atoms with E-state index in [0.717, 1.165) is 6.42 Å². The Kier molecular flexibility index (Phi) is 3.84. The molecule has 5 rings (SSSR count). The molecule has 0 nitrogen and oxygen atoms in total. The lowest BCUT2D eigenvalue weighted by molar-refractivity contribution is 1.27. The van der Waals surface area contributed by atoms with Gasteiger partial charge in [0.15, 0.2) is 0 Å². The van der Waals surface area contributed by atoms with Crippen LogP contribution in [-0.4, -0.2) is 8.07 Å². The van der Waals surface area contributed by atoms with E-state index in [2.05, 4.69) is 110 Å². The molecular formula is C26H22Si. The van der Waals surface area contributed by atoms with Crippen molar-refractivity contribution in [1.82, 2.24) is 0 Å². The Balaban J connectivity index is 1.79. The topological polar surface area (TPSA) is 0 Å². The summed E-state index contributed by atoms with van der Waals surface area (Å²) in [6.07, 6.45) is 1.05. The maximum absolute atomic E-state index is 2.51. The first-order valence-electron chi connectivity index (χ1n) is 9.60. The SMILES string of the molecule is C[Si](c1ccccc1)(c1ccccc1)c1cccc2c1Cc1ccccc1-2. The van der Waals surface area contributed by atoms with E-state index >= 15 is 0 Å². The average molecular weight is 363 g/mol. The van der Waals surface area contributed by atoms with Crippen molar-refractivity contribution < 1.29 is 0 Å². The van der Waals surface area contributed by atoms with E-state index < -0.39 is 8.07 Å². The van der Waals surface area contributed by atoms with Crippen molar-refractivity contribution in [3.8, 4) is 11.1 Å². The number of hydrogen-bond donors (Lipinski definition) is 0. The Bertz CT molecular complexity index is 1060. The van der Waals surface area contributed by atoms with Crippen LogP contribution in [0.5, 0.6) is 0 Å². The molecule has 0 amide bonds. The first kappa shape index (κ1) is 16.3. The molecule has 130 valence electrons. The second kappa shape index (κ2) is 6.36. The van der Waals surface area contributed by atoms with Gasteiger partial charge in [-0.2, -0.15) is 0 Å². The van der Waals surface area contributed by atoms with Gasteiger partial charge in [0.05, 0.1) is 0 Å². The fourth-order valence-electron chi connectivity index (χ4n) is 4.65. The van der Waals surface area contributed by atoms with Crippen LogP contribution < -0.4 is 15.6 Å². The van der Waals surface area contributed by atoms with E-state index in [9.17, 15) is 0 Å². The Morgan fingerprint density at radius 1 is 0.556 bits per heavy atom. The van der Waals surface area contributed by atoms with Gasteiger partial charge in [-0.15, -0.1) is 0 Å². The predicted octanol–water partition coefficient (Wildman–Crippen LogP) is 4.36. The van der Waals surface area contributed by atoms with E-state index in [-0.39, 0.29) is 0 Å². The fraction of sp³-hybridized carbons (Fsp3) is 0.0769. The monoisotopic (exact) mass is 362 g/mol. The minimum absolute atomic E-state index is 1.05. The normalized spacial score (nSPS) is 12.5. The van der Waals surface area contributed by atoms with E-state index in [1.165, 1.54) is 32.6 Å². The molecule has 0 spiro atoms. The van der Waals surface area contributed by atoms with Gasteiger partial charge < -0.3 is 0 Å². The van der Waals surface area contributed by atoms with Gasteiger partial charge in [-0.05, 0) is 44.2 Å². The molecule has 0 unspecified atom stereocenters. The van der Waals surface area contributed by atoms with Crippen LogP contribution in [-0.2, 0) is 6.42 Å². The summed E-state index contributed by atoms with van der Waals surface area (Å²) in [6.45, 7) is 2.51. The quantitative estimate of drug-likeness (QED) is 0.330. The van der Waals surface area contributed by atoms with Crippen LogP contribution in [0.1, 0.15) is 11.1 Å². The Hall–Kier alpha value is -2.90. The lowest BCUT2D eigenvalue weighted by Crippen LogP contribution is -2.65. The molecular weight excluding hydrogens is 340 g/mol. The van der Waals surface area contributed by atoms with E-state index in [1.54, 1.807) is 5.19 Å². The second-order valence-corrected chi connectivity index (χ2v) is 11.5. The zero-order valence-electron chi connectivity index (χ0n) is 15.5. The first-order valence-corrected chi connectivity index (χ1v) is 12.1. The highest BCUT2D eigenvalue weighted by Crippen LogP contribution is 2.36. The van der Waals surface area contributed by atoms with E-state index in [1.807, 2.05) is 0 Å². The Morgan fingerprint density at radius 3 is 1.78 bits per heavy atom. The molecule has 0 heterocycles. The zero-order valence-corrected chi connectivity index (χ0v) is 16.5. The summed E-state index contributed by atoms with van der Waals surface area (Å²) < 4.78 is 0. The fourth-order valence-corrected chi connectivity index (χ4v) is 8.58. The lowest BCUT2D eigenvalue weighted by atomic mass is 10.1. The maximum atomic E-state index is 2.51. The highest BCUT2D eigenvalue weighted by Gasteiger charge is 2.37. The van der Waals surface area contributed by atoms with Gasteiger partial charge in [0, 0.05) is 0 Å². The van der Waals surface area contributed by atoms with Crippen LogP contribution >= 0.6 is 0 Å². The van der Waals surface area contributed by atoms with Gasteiger partial charge in [0.2, 0.25) is 0 Å². The number of fused-ring (bicyclic) bond motifs is 3. The van der Waals surface area contributed by atoms with Crippen molar-refractivity contribution in [2.75, 3.05) is 0 Å². The van der Waals surface area contributed by atoms with Crippen LogP contribution in [0.15, 0.2) is 103 Å². The van der Waals surface area contributed by atoms with E-state index in [0.29, 0.717) is 0 Å². The van der Waals surface area contributed by atoms with Crippen molar-refractivity contribution in [2.45, 2.75) is 13.0 Å². The summed E-state index contributed by atoms with van der Waals surface area (Å²) in [4.78, 5) is 0. The standard InChI is InChI=1S/C26H22Si/c1-27(21-12-4-2-5-13-21,22-14-6-3-7-15-22)26-18-10-17-24-23-16-9-8-11-20(23)19-25(24)26/h2-18H,19H2,1H3. The minimum Gasteiger partial charge on any atom is -0.0624 e. The van der Waals surface area contributed by atoms with Crippen molar-refractivity contribution in [2.24, 2.45) is 0 Å². The summed E-state index contributed by atoms with van der Waals surface area (Å²) >= 11 is 0. The van der Waals surface area contributed by atoms with E-state index in [4.69, 9.17) is 0 Å². The van der Waals surface area contributed by atoms with Crippen LogP contribution in [0.2, 0.25) is 6.55 Å². The number of hydrogen-bond acceptors (Lipinski definition) is 0. The zero-order chi connectivity index (χ0) is 18.3. The molecule has 0 aromatic heterocycles. The van der Waals surface area contributed by atoms with Crippen LogP contribution in [0.3, 0.4) is 0 Å². The second-order valence-electron chi connectivity index (χ2n) is 7.52. The first-order chi connectivity index (χ1) is 13.3. The smallest absolute Gasteiger partial charge is 0.0624 e. The average Bonchev–Trinajstić information content (AvgIpc) is 3.13. The molecule has 27 heavy (non-hydrogen) atoms. The molecule has 0 atom stereocenters. The molecule has 0 saturated carbocycles. The molecule has 0 radical (unpaired) electrons. The maximum Gasteiger partial charge on any atom is 0.145 e. The molecule has 4 aromatic carbocycles. The molecule has 0 bridgehead atoms. The minimum atomic E-state index is -2.07. The third-order valence-corrected chi connectivity index (χ3v) is 10.6. The summed E-state index contributed by atoms with van der Waals surface area (Å²) in [5.41, 5.74) is 5.82. The van der Waals surface area contributed by atoms with Crippen molar-refractivity contribution >= 4 is 23.6 Å². The third kappa shape index (κ3) is 2.50. The van der Waals surface area contributed by atoms with Crippen LogP contribution in [0.4, 0.5) is 0 Å². The summed E-state index contributed by atoms with van der Waals surface area (Å²) in [5, 5.41) is 4.50. The Morgan fingerprint density at radius 2 is 1.11 bits per heavy atom. The molecule has 0 saturated heterocycles. The van der Waals surface area contributed by atoms with Crippen molar-refractivity contribution in [3.05, 3.63) is 114 Å². The molecule has 0 aliphatic heterocycles. The lowest BCUT2D eigenvalue weighted by Gasteiger charge is -2.31. The molecule has 0 N–H and O–H groups in total.